The molecule has 0 aliphatic carbocycles. The molecule has 68 valence electrons. The van der Waals surface area contributed by atoms with E-state index >= 15 is 0 Å². The summed E-state index contributed by atoms with van der Waals surface area (Å²) < 4.78 is 12.7. The quantitative estimate of drug-likeness (QED) is 0.709. The van der Waals surface area contributed by atoms with Gasteiger partial charge >= 0.3 is 0 Å². The molecule has 0 aromatic carbocycles. The first-order chi connectivity index (χ1) is 6.24. The molecular weight excluding hydrogens is 203 g/mol. The molecule has 0 atom stereocenters. The second-order valence-electron chi connectivity index (χ2n) is 2.97. The van der Waals surface area contributed by atoms with Crippen LogP contribution in [0.4, 0.5) is 4.39 Å². The van der Waals surface area contributed by atoms with Crippen molar-refractivity contribution >= 4 is 22.7 Å². The third kappa shape index (κ3) is 2.17. The van der Waals surface area contributed by atoms with Crippen LogP contribution in [-0.2, 0) is 6.42 Å². The Morgan fingerprint density at radius 3 is 2.69 bits per heavy atom. The van der Waals surface area contributed by atoms with Gasteiger partial charge in [0.25, 0.3) is 0 Å². The zero-order valence-electron chi connectivity index (χ0n) is 7.21. The molecule has 3 heteroatoms. The van der Waals surface area contributed by atoms with Gasteiger partial charge in [-0.3, -0.25) is 0 Å². The molecule has 0 spiro atoms. The minimum Gasteiger partial charge on any atom is -0.195 e. The highest BCUT2D eigenvalue weighted by Crippen LogP contribution is 2.22. The highest BCUT2D eigenvalue weighted by Gasteiger charge is 2.02. The minimum atomic E-state index is -0.0942. The number of thiophene rings is 2. The zero-order valence-corrected chi connectivity index (χ0v) is 8.84. The van der Waals surface area contributed by atoms with Crippen LogP contribution in [0.3, 0.4) is 0 Å². The van der Waals surface area contributed by atoms with Crippen molar-refractivity contribution in [1.82, 2.24) is 0 Å². The molecular formula is C10H9FS2. The van der Waals surface area contributed by atoms with E-state index in [0.717, 1.165) is 11.3 Å². The molecule has 0 aliphatic heterocycles. The Labute approximate surface area is 84.7 Å². The summed E-state index contributed by atoms with van der Waals surface area (Å²) in [4.78, 5) is 2.40. The van der Waals surface area contributed by atoms with E-state index in [1.807, 2.05) is 6.07 Å². The fourth-order valence-corrected chi connectivity index (χ4v) is 2.94. The van der Waals surface area contributed by atoms with E-state index in [1.54, 1.807) is 11.3 Å². The molecule has 2 aromatic rings. The number of hydrogen-bond acceptors (Lipinski definition) is 2. The highest BCUT2D eigenvalue weighted by molar-refractivity contribution is 7.11. The van der Waals surface area contributed by atoms with Crippen LogP contribution < -0.4 is 0 Å². The van der Waals surface area contributed by atoms with Gasteiger partial charge in [0.15, 0.2) is 5.13 Å². The van der Waals surface area contributed by atoms with Crippen LogP contribution in [-0.4, -0.2) is 0 Å². The van der Waals surface area contributed by atoms with Crippen LogP contribution in [0, 0.1) is 12.1 Å². The molecule has 0 bridgehead atoms. The van der Waals surface area contributed by atoms with Gasteiger partial charge in [-0.25, -0.2) is 0 Å². The molecule has 0 saturated heterocycles. The average molecular weight is 212 g/mol. The minimum absolute atomic E-state index is 0.0942. The smallest absolute Gasteiger partial charge is 0.176 e. The third-order valence-corrected chi connectivity index (χ3v) is 3.69. The van der Waals surface area contributed by atoms with Crippen LogP contribution in [0.15, 0.2) is 23.6 Å². The van der Waals surface area contributed by atoms with Crippen LogP contribution >= 0.6 is 22.7 Å². The fraction of sp³-hybridized carbons (Fsp3) is 0.200. The van der Waals surface area contributed by atoms with Gasteiger partial charge in [-0.05, 0) is 36.1 Å². The van der Waals surface area contributed by atoms with Crippen molar-refractivity contribution in [2.45, 2.75) is 13.3 Å². The first kappa shape index (κ1) is 8.91. The standard InChI is InChI=1S/C10H9FS2/c1-7-4-9(12-6-7)5-8-2-3-10(11)13-8/h2-4,6H,5H2,1H3. The summed E-state index contributed by atoms with van der Waals surface area (Å²) in [5.41, 5.74) is 1.29. The average Bonchev–Trinajstić information content (AvgIpc) is 2.62. The molecule has 2 rings (SSSR count). The van der Waals surface area contributed by atoms with Crippen molar-refractivity contribution in [3.05, 3.63) is 44.0 Å². The Bertz CT molecular complexity index is 362. The Hall–Kier alpha value is -0.670. The highest BCUT2D eigenvalue weighted by atomic mass is 32.1. The van der Waals surface area contributed by atoms with E-state index in [-0.39, 0.29) is 5.13 Å². The topological polar surface area (TPSA) is 0 Å². The van der Waals surface area contributed by atoms with Crippen molar-refractivity contribution in [1.29, 1.82) is 0 Å². The molecule has 0 amide bonds. The second-order valence-corrected chi connectivity index (χ2v) is 5.09. The van der Waals surface area contributed by atoms with Crippen molar-refractivity contribution in [3.8, 4) is 0 Å². The number of aryl methyl sites for hydroxylation is 1. The predicted octanol–water partition coefficient (Wildman–Crippen LogP) is 3.85. The van der Waals surface area contributed by atoms with E-state index in [0.29, 0.717) is 0 Å². The van der Waals surface area contributed by atoms with Crippen LogP contribution in [0.2, 0.25) is 0 Å². The fourth-order valence-electron chi connectivity index (χ4n) is 1.20. The number of halogens is 1. The van der Waals surface area contributed by atoms with Crippen LogP contribution in [0.5, 0.6) is 0 Å². The Kier molecular flexibility index (Phi) is 2.47. The lowest BCUT2D eigenvalue weighted by Crippen LogP contribution is -1.76. The van der Waals surface area contributed by atoms with Gasteiger partial charge < -0.3 is 0 Å². The summed E-state index contributed by atoms with van der Waals surface area (Å²) in [7, 11) is 0. The van der Waals surface area contributed by atoms with Gasteiger partial charge in [0.1, 0.15) is 0 Å². The summed E-state index contributed by atoms with van der Waals surface area (Å²) >= 11 is 2.97. The maximum Gasteiger partial charge on any atom is 0.176 e. The van der Waals surface area contributed by atoms with Crippen molar-refractivity contribution in [2.24, 2.45) is 0 Å². The third-order valence-electron chi connectivity index (χ3n) is 1.76. The molecule has 2 aromatic heterocycles. The van der Waals surface area contributed by atoms with E-state index < -0.39 is 0 Å². The lowest BCUT2D eigenvalue weighted by atomic mass is 10.2. The molecule has 2 heterocycles. The zero-order chi connectivity index (χ0) is 9.26. The molecule has 13 heavy (non-hydrogen) atoms. The Morgan fingerprint density at radius 2 is 2.15 bits per heavy atom. The largest absolute Gasteiger partial charge is 0.195 e. The summed E-state index contributed by atoms with van der Waals surface area (Å²) in [5, 5.41) is 2.03. The van der Waals surface area contributed by atoms with Gasteiger partial charge in [0, 0.05) is 16.2 Å². The molecule has 0 unspecified atom stereocenters. The Balaban J connectivity index is 2.14. The first-order valence-corrected chi connectivity index (χ1v) is 5.72. The van der Waals surface area contributed by atoms with Gasteiger partial charge in [0.05, 0.1) is 0 Å². The normalized spacial score (nSPS) is 10.6. The maximum atomic E-state index is 12.7. The second kappa shape index (κ2) is 3.60. The first-order valence-electron chi connectivity index (χ1n) is 4.02. The number of hydrogen-bond donors (Lipinski definition) is 0. The van der Waals surface area contributed by atoms with E-state index in [4.69, 9.17) is 0 Å². The summed E-state index contributed by atoms with van der Waals surface area (Å²) in [6.45, 7) is 2.08. The van der Waals surface area contributed by atoms with Gasteiger partial charge in [-0.2, -0.15) is 4.39 Å². The van der Waals surface area contributed by atoms with E-state index in [2.05, 4.69) is 18.4 Å². The molecule has 0 radical (unpaired) electrons. The van der Waals surface area contributed by atoms with Gasteiger partial charge in [-0.15, -0.1) is 22.7 Å². The van der Waals surface area contributed by atoms with E-state index in [9.17, 15) is 4.39 Å². The lowest BCUT2D eigenvalue weighted by molar-refractivity contribution is 0.657. The molecule has 0 aliphatic rings. The molecule has 0 nitrogen and oxygen atoms in total. The number of rotatable bonds is 2. The molecule has 0 fully saturated rings. The van der Waals surface area contributed by atoms with Crippen LogP contribution in [0.25, 0.3) is 0 Å². The monoisotopic (exact) mass is 212 g/mol. The van der Waals surface area contributed by atoms with Crippen molar-refractivity contribution in [2.75, 3.05) is 0 Å². The predicted molar refractivity (Wildman–Crippen MR) is 56.1 cm³/mol. The lowest BCUT2D eigenvalue weighted by Gasteiger charge is -1.90. The maximum absolute atomic E-state index is 12.7. The van der Waals surface area contributed by atoms with Crippen molar-refractivity contribution in [3.63, 3.8) is 0 Å². The molecule has 0 saturated carbocycles. The van der Waals surface area contributed by atoms with Crippen LogP contribution in [0.1, 0.15) is 15.3 Å². The Morgan fingerprint density at radius 1 is 1.31 bits per heavy atom. The molecule has 0 N–H and O–H groups in total. The van der Waals surface area contributed by atoms with Gasteiger partial charge in [-0.1, -0.05) is 0 Å². The summed E-state index contributed by atoms with van der Waals surface area (Å²) in [5.74, 6) is 0. The van der Waals surface area contributed by atoms with E-state index in [1.165, 1.54) is 27.8 Å². The summed E-state index contributed by atoms with van der Waals surface area (Å²) in [6.07, 6.45) is 0.868. The van der Waals surface area contributed by atoms with Gasteiger partial charge in [0.2, 0.25) is 0 Å². The summed E-state index contributed by atoms with van der Waals surface area (Å²) in [6, 6.07) is 5.54. The SMILES string of the molecule is Cc1csc(Cc2ccc(F)s2)c1. The van der Waals surface area contributed by atoms with Crippen molar-refractivity contribution < 1.29 is 4.39 Å².